The number of para-hydroxylation sites is 1. The topological polar surface area (TPSA) is 93.9 Å². The molecule has 0 aromatic heterocycles. The minimum atomic E-state index is -0.554. The number of methoxy groups -OCH3 is 1. The van der Waals surface area contributed by atoms with E-state index in [0.29, 0.717) is 30.2 Å². The largest absolute Gasteiger partial charge is 0.495 e. The summed E-state index contributed by atoms with van der Waals surface area (Å²) in [5.74, 6) is 0.0527. The zero-order valence-electron chi connectivity index (χ0n) is 15.3. The first kappa shape index (κ1) is 18.9. The van der Waals surface area contributed by atoms with Gasteiger partial charge in [0.05, 0.1) is 24.4 Å². The quantitative estimate of drug-likeness (QED) is 0.818. The SMILES string of the molecule is COc1cccc(NC(=O)[C@@H]2CCCN(C(=O)OC(C)(C)C)C2)c1N. The molecule has 1 atom stereocenters. The molecule has 0 aliphatic carbocycles. The van der Waals surface area contributed by atoms with Crippen molar-refractivity contribution in [2.45, 2.75) is 39.2 Å². The molecule has 7 nitrogen and oxygen atoms in total. The summed E-state index contributed by atoms with van der Waals surface area (Å²) >= 11 is 0. The number of carbonyl (C=O) groups is 2. The van der Waals surface area contributed by atoms with Gasteiger partial charge in [-0.3, -0.25) is 4.79 Å². The van der Waals surface area contributed by atoms with Crippen LogP contribution < -0.4 is 15.8 Å². The Morgan fingerprint density at radius 3 is 2.68 bits per heavy atom. The van der Waals surface area contributed by atoms with Gasteiger partial charge in [-0.25, -0.2) is 4.79 Å². The summed E-state index contributed by atoms with van der Waals surface area (Å²) in [6.07, 6.45) is 1.09. The van der Waals surface area contributed by atoms with Crippen molar-refractivity contribution in [1.82, 2.24) is 4.90 Å². The number of hydrogen-bond acceptors (Lipinski definition) is 5. The highest BCUT2D eigenvalue weighted by atomic mass is 16.6. The Balaban J connectivity index is 2.01. The second-order valence-electron chi connectivity index (χ2n) is 7.18. The van der Waals surface area contributed by atoms with Gasteiger partial charge in [-0.05, 0) is 45.7 Å². The van der Waals surface area contributed by atoms with Gasteiger partial charge < -0.3 is 25.4 Å². The van der Waals surface area contributed by atoms with Crippen LogP contribution in [0.3, 0.4) is 0 Å². The van der Waals surface area contributed by atoms with Gasteiger partial charge in [-0.2, -0.15) is 0 Å². The number of ether oxygens (including phenoxy) is 2. The Morgan fingerprint density at radius 1 is 1.32 bits per heavy atom. The maximum atomic E-state index is 12.6. The van der Waals surface area contributed by atoms with Crippen molar-refractivity contribution in [1.29, 1.82) is 0 Å². The molecule has 138 valence electrons. The Labute approximate surface area is 148 Å². The van der Waals surface area contributed by atoms with Crippen molar-refractivity contribution in [2.24, 2.45) is 5.92 Å². The normalized spacial score (nSPS) is 17.8. The molecule has 2 amide bonds. The van der Waals surface area contributed by atoms with E-state index >= 15 is 0 Å². The minimum Gasteiger partial charge on any atom is -0.495 e. The van der Waals surface area contributed by atoms with Crippen LogP contribution in [-0.4, -0.2) is 42.7 Å². The summed E-state index contributed by atoms with van der Waals surface area (Å²) in [6, 6.07) is 5.22. The Kier molecular flexibility index (Phi) is 5.77. The highest BCUT2D eigenvalue weighted by molar-refractivity contribution is 5.96. The van der Waals surface area contributed by atoms with E-state index in [-0.39, 0.29) is 17.9 Å². The van der Waals surface area contributed by atoms with Crippen molar-refractivity contribution < 1.29 is 19.1 Å². The van der Waals surface area contributed by atoms with E-state index in [1.54, 1.807) is 23.1 Å². The molecule has 1 fully saturated rings. The van der Waals surface area contributed by atoms with E-state index in [9.17, 15) is 9.59 Å². The third-order valence-electron chi connectivity index (χ3n) is 3.99. The van der Waals surface area contributed by atoms with Crippen LogP contribution in [0, 0.1) is 5.92 Å². The lowest BCUT2D eigenvalue weighted by atomic mass is 9.97. The van der Waals surface area contributed by atoms with E-state index in [1.165, 1.54) is 7.11 Å². The standard InChI is InChI=1S/C18H27N3O4/c1-18(2,3)25-17(23)21-10-6-7-12(11-21)16(22)20-13-8-5-9-14(24-4)15(13)19/h5,8-9,12H,6-7,10-11,19H2,1-4H3,(H,20,22)/t12-/m1/s1. The van der Waals surface area contributed by atoms with E-state index in [0.717, 1.165) is 12.8 Å². The van der Waals surface area contributed by atoms with Crippen molar-refractivity contribution >= 4 is 23.4 Å². The number of benzene rings is 1. The fourth-order valence-electron chi connectivity index (χ4n) is 2.75. The van der Waals surface area contributed by atoms with Crippen LogP contribution in [-0.2, 0) is 9.53 Å². The fourth-order valence-corrected chi connectivity index (χ4v) is 2.75. The van der Waals surface area contributed by atoms with Crippen LogP contribution in [0.25, 0.3) is 0 Å². The number of nitrogen functional groups attached to an aromatic ring is 1. The summed E-state index contributed by atoms with van der Waals surface area (Å²) in [5, 5.41) is 2.84. The van der Waals surface area contributed by atoms with Crippen LogP contribution >= 0.6 is 0 Å². The highest BCUT2D eigenvalue weighted by Gasteiger charge is 2.31. The molecule has 1 aromatic carbocycles. The Bertz CT molecular complexity index is 640. The number of nitrogens with two attached hydrogens (primary N) is 1. The predicted molar refractivity (Wildman–Crippen MR) is 96.6 cm³/mol. The first-order chi connectivity index (χ1) is 11.7. The molecule has 0 unspecified atom stereocenters. The molecule has 1 aliphatic rings. The van der Waals surface area contributed by atoms with Gasteiger partial charge in [0.1, 0.15) is 11.4 Å². The maximum Gasteiger partial charge on any atom is 0.410 e. The molecule has 1 aromatic rings. The molecular formula is C18H27N3O4. The second kappa shape index (κ2) is 7.63. The van der Waals surface area contributed by atoms with Crippen LogP contribution in [0.1, 0.15) is 33.6 Å². The number of likely N-dealkylation sites (tertiary alicyclic amines) is 1. The Morgan fingerprint density at radius 2 is 2.04 bits per heavy atom. The van der Waals surface area contributed by atoms with Gasteiger partial charge >= 0.3 is 6.09 Å². The third kappa shape index (κ3) is 5.01. The average molecular weight is 349 g/mol. The van der Waals surface area contributed by atoms with Crippen LogP contribution in [0.4, 0.5) is 16.2 Å². The molecule has 1 heterocycles. The number of piperidine rings is 1. The van der Waals surface area contributed by atoms with E-state index in [1.807, 2.05) is 20.8 Å². The Hall–Kier alpha value is -2.44. The second-order valence-corrected chi connectivity index (χ2v) is 7.18. The average Bonchev–Trinajstić information content (AvgIpc) is 2.55. The number of rotatable bonds is 3. The summed E-state index contributed by atoms with van der Waals surface area (Å²) in [5.41, 5.74) is 6.34. The molecule has 0 bridgehead atoms. The van der Waals surface area contributed by atoms with Gasteiger partial charge in [-0.15, -0.1) is 0 Å². The number of anilines is 2. The van der Waals surface area contributed by atoms with E-state index < -0.39 is 5.60 Å². The molecule has 1 saturated heterocycles. The molecule has 0 saturated carbocycles. The summed E-state index contributed by atoms with van der Waals surface area (Å²) in [6.45, 7) is 6.41. The summed E-state index contributed by atoms with van der Waals surface area (Å²) < 4.78 is 10.6. The number of nitrogens with one attached hydrogen (secondary N) is 1. The van der Waals surface area contributed by atoms with Crippen molar-refractivity contribution in [3.8, 4) is 5.75 Å². The zero-order valence-corrected chi connectivity index (χ0v) is 15.3. The predicted octanol–water partition coefficient (Wildman–Crippen LogP) is 2.86. The van der Waals surface area contributed by atoms with Gasteiger partial charge in [-0.1, -0.05) is 6.07 Å². The molecular weight excluding hydrogens is 322 g/mol. The molecule has 25 heavy (non-hydrogen) atoms. The molecule has 0 radical (unpaired) electrons. The monoisotopic (exact) mass is 349 g/mol. The van der Waals surface area contributed by atoms with E-state index in [4.69, 9.17) is 15.2 Å². The number of hydrogen-bond donors (Lipinski definition) is 2. The number of nitrogens with zero attached hydrogens (tertiary/aromatic N) is 1. The highest BCUT2D eigenvalue weighted by Crippen LogP contribution is 2.30. The zero-order chi connectivity index (χ0) is 18.6. The van der Waals surface area contributed by atoms with Gasteiger partial charge in [0.15, 0.2) is 0 Å². The van der Waals surface area contributed by atoms with Crippen molar-refractivity contribution in [3.05, 3.63) is 18.2 Å². The lowest BCUT2D eigenvalue weighted by Gasteiger charge is -2.33. The minimum absolute atomic E-state index is 0.159. The van der Waals surface area contributed by atoms with Crippen molar-refractivity contribution in [2.75, 3.05) is 31.2 Å². The van der Waals surface area contributed by atoms with Gasteiger partial charge in [0.25, 0.3) is 0 Å². The van der Waals surface area contributed by atoms with Crippen molar-refractivity contribution in [3.63, 3.8) is 0 Å². The van der Waals surface area contributed by atoms with Gasteiger partial charge in [0.2, 0.25) is 5.91 Å². The molecule has 0 spiro atoms. The van der Waals surface area contributed by atoms with Crippen LogP contribution in [0.2, 0.25) is 0 Å². The van der Waals surface area contributed by atoms with Crippen LogP contribution in [0.15, 0.2) is 18.2 Å². The number of amides is 2. The summed E-state index contributed by atoms with van der Waals surface area (Å²) in [7, 11) is 1.52. The molecule has 2 rings (SSSR count). The first-order valence-electron chi connectivity index (χ1n) is 8.42. The number of carbonyl (C=O) groups excluding carboxylic acids is 2. The first-order valence-corrected chi connectivity index (χ1v) is 8.42. The summed E-state index contributed by atoms with van der Waals surface area (Å²) in [4.78, 5) is 26.4. The fraction of sp³-hybridized carbons (Fsp3) is 0.556. The van der Waals surface area contributed by atoms with Crippen LogP contribution in [0.5, 0.6) is 5.75 Å². The smallest absolute Gasteiger partial charge is 0.410 e. The third-order valence-corrected chi connectivity index (χ3v) is 3.99. The molecule has 7 heteroatoms. The molecule has 1 aliphatic heterocycles. The lowest BCUT2D eigenvalue weighted by Crippen LogP contribution is -2.45. The van der Waals surface area contributed by atoms with Gasteiger partial charge in [0, 0.05) is 13.1 Å². The molecule has 3 N–H and O–H groups in total. The lowest BCUT2D eigenvalue weighted by molar-refractivity contribution is -0.121. The maximum absolute atomic E-state index is 12.6. The van der Waals surface area contributed by atoms with E-state index in [2.05, 4.69) is 5.32 Å².